The first-order valence-electron chi connectivity index (χ1n) is 9.12. The molecule has 1 atom stereocenters. The summed E-state index contributed by atoms with van der Waals surface area (Å²) in [5.41, 5.74) is 10.8. The smallest absolute Gasteiger partial charge is 0.142 e. The summed E-state index contributed by atoms with van der Waals surface area (Å²) in [7, 11) is 0. The van der Waals surface area contributed by atoms with Crippen LogP contribution in [-0.4, -0.2) is 11.6 Å². The van der Waals surface area contributed by atoms with E-state index in [1.54, 1.807) is 0 Å². The first-order valence-corrected chi connectivity index (χ1v) is 9.12. The van der Waals surface area contributed by atoms with Crippen molar-refractivity contribution in [1.29, 1.82) is 5.26 Å². The number of pyridine rings is 1. The maximum atomic E-state index is 9.66. The van der Waals surface area contributed by atoms with Crippen molar-refractivity contribution in [2.45, 2.75) is 46.0 Å². The van der Waals surface area contributed by atoms with Crippen molar-refractivity contribution >= 4 is 5.82 Å². The summed E-state index contributed by atoms with van der Waals surface area (Å²) >= 11 is 0. The van der Waals surface area contributed by atoms with E-state index in [9.17, 15) is 5.26 Å². The lowest BCUT2D eigenvalue weighted by molar-refractivity contribution is 0.317. The molecule has 0 saturated heterocycles. The fraction of sp³-hybridized carbons (Fsp3) is 0.429. The van der Waals surface area contributed by atoms with Crippen LogP contribution in [-0.2, 0) is 12.8 Å². The molecule has 1 aliphatic rings. The van der Waals surface area contributed by atoms with Crippen LogP contribution in [0.5, 0.6) is 5.75 Å². The van der Waals surface area contributed by atoms with Crippen molar-refractivity contribution < 1.29 is 4.74 Å². The van der Waals surface area contributed by atoms with Crippen LogP contribution in [0.15, 0.2) is 24.3 Å². The van der Waals surface area contributed by atoms with Gasteiger partial charge in [0, 0.05) is 11.3 Å². The van der Waals surface area contributed by atoms with E-state index in [4.69, 9.17) is 10.5 Å². The van der Waals surface area contributed by atoms with Crippen molar-refractivity contribution in [3.63, 3.8) is 0 Å². The Morgan fingerprint density at radius 1 is 1.28 bits per heavy atom. The minimum absolute atomic E-state index is 0.345. The Labute approximate surface area is 149 Å². The molecule has 1 unspecified atom stereocenters. The molecule has 0 spiro atoms. The molecular formula is C21H25N3O. The number of hydrogen-bond donors (Lipinski definition) is 1. The zero-order valence-corrected chi connectivity index (χ0v) is 15.0. The lowest BCUT2D eigenvalue weighted by Crippen LogP contribution is -2.18. The van der Waals surface area contributed by atoms with Gasteiger partial charge in [-0.3, -0.25) is 0 Å². The predicted molar refractivity (Wildman–Crippen MR) is 100 cm³/mol. The van der Waals surface area contributed by atoms with Crippen molar-refractivity contribution in [1.82, 2.24) is 4.98 Å². The minimum Gasteiger partial charge on any atom is -0.494 e. The number of nitriles is 1. The normalized spacial score (nSPS) is 16.1. The molecule has 1 aromatic heterocycles. The first-order chi connectivity index (χ1) is 12.2. The number of nitrogens with two attached hydrogens (primary N) is 1. The van der Waals surface area contributed by atoms with Crippen molar-refractivity contribution in [2.24, 2.45) is 5.92 Å². The van der Waals surface area contributed by atoms with Crippen LogP contribution in [0.25, 0.3) is 11.1 Å². The number of rotatable bonds is 5. The Morgan fingerprint density at radius 2 is 2.04 bits per heavy atom. The molecule has 0 saturated carbocycles. The van der Waals surface area contributed by atoms with E-state index in [0.717, 1.165) is 54.7 Å². The third kappa shape index (κ3) is 3.46. The first kappa shape index (κ1) is 17.3. The van der Waals surface area contributed by atoms with Gasteiger partial charge in [-0.25, -0.2) is 4.98 Å². The van der Waals surface area contributed by atoms with E-state index in [1.165, 1.54) is 5.56 Å². The molecule has 0 aliphatic heterocycles. The van der Waals surface area contributed by atoms with Gasteiger partial charge in [-0.05, 0) is 54.9 Å². The Kier molecular flexibility index (Phi) is 5.23. The predicted octanol–water partition coefficient (Wildman–Crippen LogP) is 4.51. The van der Waals surface area contributed by atoms with E-state index >= 15 is 0 Å². The second-order valence-corrected chi connectivity index (χ2v) is 6.67. The van der Waals surface area contributed by atoms with Gasteiger partial charge in [0.1, 0.15) is 23.2 Å². The summed E-state index contributed by atoms with van der Waals surface area (Å²) in [4.78, 5) is 4.53. The van der Waals surface area contributed by atoms with Crippen LogP contribution in [0, 0.1) is 17.2 Å². The van der Waals surface area contributed by atoms with Gasteiger partial charge >= 0.3 is 0 Å². The zero-order valence-electron chi connectivity index (χ0n) is 15.0. The number of benzene rings is 1. The van der Waals surface area contributed by atoms with Crippen LogP contribution < -0.4 is 10.5 Å². The molecule has 25 heavy (non-hydrogen) atoms. The number of nitrogen functional groups attached to an aromatic ring is 1. The topological polar surface area (TPSA) is 71.9 Å². The van der Waals surface area contributed by atoms with Gasteiger partial charge in [-0.1, -0.05) is 32.4 Å². The van der Waals surface area contributed by atoms with Gasteiger partial charge in [0.25, 0.3) is 0 Å². The highest BCUT2D eigenvalue weighted by molar-refractivity contribution is 5.79. The third-order valence-electron chi connectivity index (χ3n) is 5.00. The van der Waals surface area contributed by atoms with E-state index in [1.807, 2.05) is 24.3 Å². The monoisotopic (exact) mass is 335 g/mol. The molecule has 0 bridgehead atoms. The van der Waals surface area contributed by atoms with E-state index in [0.29, 0.717) is 23.9 Å². The van der Waals surface area contributed by atoms with Crippen molar-refractivity contribution in [3.05, 3.63) is 41.1 Å². The minimum atomic E-state index is 0.345. The zero-order chi connectivity index (χ0) is 17.8. The van der Waals surface area contributed by atoms with E-state index in [-0.39, 0.29) is 0 Å². The SMILES string of the molecule is CCCOc1ccc(-c2c(C#N)c(N)nc3c2CC(CC)CC3)cc1. The van der Waals surface area contributed by atoms with Crippen LogP contribution in [0.4, 0.5) is 5.82 Å². The number of ether oxygens (including phenoxy) is 1. The van der Waals surface area contributed by atoms with Crippen molar-refractivity contribution in [2.75, 3.05) is 12.3 Å². The standard InChI is InChI=1S/C21H25N3O/c1-3-11-25-16-8-6-15(7-9-16)20-17-12-14(4-2)5-10-19(17)24-21(23)18(20)13-22/h6-9,14H,3-5,10-12H2,1-2H3,(H2,23,24). The molecule has 0 radical (unpaired) electrons. The Bertz CT molecular complexity index is 790. The highest BCUT2D eigenvalue weighted by Crippen LogP contribution is 2.38. The lowest BCUT2D eigenvalue weighted by atomic mass is 9.80. The second-order valence-electron chi connectivity index (χ2n) is 6.67. The quantitative estimate of drug-likeness (QED) is 0.873. The summed E-state index contributed by atoms with van der Waals surface area (Å²) in [5.74, 6) is 1.85. The summed E-state index contributed by atoms with van der Waals surface area (Å²) in [6, 6.07) is 10.3. The van der Waals surface area contributed by atoms with Crippen LogP contribution in [0.3, 0.4) is 0 Å². The lowest BCUT2D eigenvalue weighted by Gasteiger charge is -2.26. The molecule has 0 fully saturated rings. The third-order valence-corrected chi connectivity index (χ3v) is 5.00. The summed E-state index contributed by atoms with van der Waals surface area (Å²) < 4.78 is 5.67. The van der Waals surface area contributed by atoms with Gasteiger partial charge in [-0.15, -0.1) is 0 Å². The highest BCUT2D eigenvalue weighted by atomic mass is 16.5. The average Bonchev–Trinajstić information content (AvgIpc) is 2.65. The molecule has 130 valence electrons. The van der Waals surface area contributed by atoms with Crippen LogP contribution in [0.1, 0.15) is 49.9 Å². The maximum Gasteiger partial charge on any atom is 0.142 e. The number of aryl methyl sites for hydroxylation is 1. The summed E-state index contributed by atoms with van der Waals surface area (Å²) in [5, 5.41) is 9.66. The van der Waals surface area contributed by atoms with E-state index < -0.39 is 0 Å². The Morgan fingerprint density at radius 3 is 2.68 bits per heavy atom. The number of fused-ring (bicyclic) bond motifs is 1. The number of anilines is 1. The molecule has 3 rings (SSSR count). The number of aromatic nitrogens is 1. The number of hydrogen-bond acceptors (Lipinski definition) is 4. The van der Waals surface area contributed by atoms with Gasteiger partial charge in [-0.2, -0.15) is 5.26 Å². The highest BCUT2D eigenvalue weighted by Gasteiger charge is 2.25. The molecule has 4 nitrogen and oxygen atoms in total. The van der Waals surface area contributed by atoms with Gasteiger partial charge in [0.05, 0.1) is 6.61 Å². The second kappa shape index (κ2) is 7.57. The van der Waals surface area contributed by atoms with E-state index in [2.05, 4.69) is 24.9 Å². The molecule has 2 aromatic rings. The van der Waals surface area contributed by atoms with Crippen LogP contribution >= 0.6 is 0 Å². The Balaban J connectivity index is 2.08. The van der Waals surface area contributed by atoms with Crippen LogP contribution in [0.2, 0.25) is 0 Å². The van der Waals surface area contributed by atoms with Gasteiger partial charge in [0.15, 0.2) is 0 Å². The largest absolute Gasteiger partial charge is 0.494 e. The molecular weight excluding hydrogens is 310 g/mol. The molecule has 1 aliphatic carbocycles. The average molecular weight is 335 g/mol. The molecule has 0 amide bonds. The molecule has 2 N–H and O–H groups in total. The van der Waals surface area contributed by atoms with Gasteiger partial charge in [0.2, 0.25) is 0 Å². The molecule has 1 aromatic carbocycles. The molecule has 1 heterocycles. The summed E-state index contributed by atoms with van der Waals surface area (Å²) in [6.45, 7) is 5.02. The fourth-order valence-corrected chi connectivity index (χ4v) is 3.57. The maximum absolute atomic E-state index is 9.66. The van der Waals surface area contributed by atoms with Crippen molar-refractivity contribution in [3.8, 4) is 22.9 Å². The Hall–Kier alpha value is -2.54. The summed E-state index contributed by atoms with van der Waals surface area (Å²) in [6.07, 6.45) is 5.18. The van der Waals surface area contributed by atoms with Gasteiger partial charge < -0.3 is 10.5 Å². The fourth-order valence-electron chi connectivity index (χ4n) is 3.57. The number of nitrogens with zero attached hydrogens (tertiary/aromatic N) is 2. The molecule has 4 heteroatoms.